The van der Waals surface area contributed by atoms with Gasteiger partial charge in [0.05, 0.1) is 6.61 Å². The lowest BCUT2D eigenvalue weighted by Crippen LogP contribution is -2.11. The van der Waals surface area contributed by atoms with Gasteiger partial charge >= 0.3 is 8.60 Å². The first-order valence-electron chi connectivity index (χ1n) is 24.1. The summed E-state index contributed by atoms with van der Waals surface area (Å²) in [6.07, 6.45) is 64.6. The third-order valence-electron chi connectivity index (χ3n) is 11.1. The molecule has 0 spiro atoms. The maximum Gasteiger partial charge on any atom is 0.327 e. The van der Waals surface area contributed by atoms with E-state index in [-0.39, 0.29) is 0 Å². The van der Waals surface area contributed by atoms with Crippen LogP contribution in [0.1, 0.15) is 271 Å². The summed E-state index contributed by atoms with van der Waals surface area (Å²) in [5, 5.41) is 0. The highest BCUT2D eigenvalue weighted by Gasteiger charge is 2.00. The second-order valence-electron chi connectivity index (χ2n) is 16.4. The molecule has 0 aliphatic heterocycles. The zero-order valence-electron chi connectivity index (χ0n) is 36.2. The first-order valence-corrected chi connectivity index (χ1v) is 25.3. The van der Waals surface area contributed by atoms with E-state index in [1.165, 1.54) is 244 Å². The molecule has 0 aromatic rings. The summed E-state index contributed by atoms with van der Waals surface area (Å²) in [6.45, 7) is 6.23. The molecule has 0 aliphatic rings. The van der Waals surface area contributed by atoms with Gasteiger partial charge in [-0.15, -0.1) is 0 Å². The van der Waals surface area contributed by atoms with Gasteiger partial charge in [0.1, 0.15) is 0 Å². The van der Waals surface area contributed by atoms with Gasteiger partial charge in [-0.1, -0.05) is 244 Å². The quantitative estimate of drug-likeness (QED) is 0.0479. The van der Waals surface area contributed by atoms with Crippen LogP contribution in [-0.2, 0) is 4.52 Å². The van der Waals surface area contributed by atoms with Crippen LogP contribution in [0.5, 0.6) is 0 Å². The van der Waals surface area contributed by atoms with Crippen molar-refractivity contribution in [3.8, 4) is 0 Å². The number of allylic oxidation sites excluding steroid dienone is 2. The van der Waals surface area contributed by atoms with Gasteiger partial charge in [-0.2, -0.15) is 0 Å². The molecular weight excluding hydrogens is 670 g/mol. The average molecular weight is 766 g/mol. The van der Waals surface area contributed by atoms with Crippen LogP contribution < -0.4 is 0 Å². The Morgan fingerprint density at radius 1 is 0.358 bits per heavy atom. The molecule has 5 heteroatoms. The minimum absolute atomic E-state index is 0.471. The van der Waals surface area contributed by atoms with Crippen LogP contribution in [0, 0.1) is 0 Å². The third kappa shape index (κ3) is 47.7. The fourth-order valence-corrected chi connectivity index (χ4v) is 7.78. The lowest BCUT2D eigenvalue weighted by molar-refractivity contribution is 0.248. The zero-order valence-corrected chi connectivity index (χ0v) is 37.1. The number of hydrogen-bond acceptors (Lipinski definition) is 4. The minimum Gasteiger partial charge on any atom is -0.355 e. The third-order valence-corrected chi connectivity index (χ3v) is 11.5. The summed E-state index contributed by atoms with van der Waals surface area (Å²) in [6, 6.07) is 0. The van der Waals surface area contributed by atoms with Gasteiger partial charge in [0.2, 0.25) is 0 Å². The van der Waals surface area contributed by atoms with Crippen molar-refractivity contribution in [3.63, 3.8) is 0 Å². The van der Waals surface area contributed by atoms with Gasteiger partial charge in [0.15, 0.2) is 0 Å². The van der Waals surface area contributed by atoms with E-state index in [9.17, 15) is 0 Å². The fourth-order valence-electron chi connectivity index (χ4n) is 7.49. The van der Waals surface area contributed by atoms with Crippen molar-refractivity contribution in [3.05, 3.63) is 24.6 Å². The van der Waals surface area contributed by atoms with Gasteiger partial charge in [-0.05, 0) is 50.9 Å². The van der Waals surface area contributed by atoms with E-state index in [1.54, 1.807) is 0 Å². The van der Waals surface area contributed by atoms with E-state index < -0.39 is 8.60 Å². The minimum atomic E-state index is -2.18. The smallest absolute Gasteiger partial charge is 0.327 e. The molecule has 0 saturated carbocycles. The van der Waals surface area contributed by atoms with E-state index in [1.807, 2.05) is 0 Å². The van der Waals surface area contributed by atoms with Crippen LogP contribution >= 0.6 is 8.60 Å². The average Bonchev–Trinajstić information content (AvgIpc) is 3.15. The van der Waals surface area contributed by atoms with Crippen molar-refractivity contribution < 1.29 is 14.3 Å². The van der Waals surface area contributed by atoms with Crippen molar-refractivity contribution >= 4 is 8.60 Å². The molecule has 0 bridgehead atoms. The van der Waals surface area contributed by atoms with E-state index in [0.717, 1.165) is 19.4 Å². The maximum atomic E-state index is 8.79. The Bertz CT molecular complexity index is 673. The van der Waals surface area contributed by atoms with E-state index in [0.29, 0.717) is 6.61 Å². The molecule has 53 heavy (non-hydrogen) atoms. The number of rotatable bonds is 46. The summed E-state index contributed by atoms with van der Waals surface area (Å²) in [4.78, 5) is 20.1. The molecule has 4 nitrogen and oxygen atoms in total. The second-order valence-corrected chi connectivity index (χ2v) is 17.2. The first kappa shape index (κ1) is 52.6. The summed E-state index contributed by atoms with van der Waals surface area (Å²) in [7, 11) is -2.18. The summed E-state index contributed by atoms with van der Waals surface area (Å²) < 4.78 is 4.84. The van der Waals surface area contributed by atoms with Crippen LogP contribution in [-0.4, -0.2) is 27.8 Å². The Labute approximate surface area is 335 Å². The molecule has 0 fully saturated rings. The Hall–Kier alpha value is -0.410. The monoisotopic (exact) mass is 766 g/mol. The van der Waals surface area contributed by atoms with Crippen LogP contribution in [0.2, 0.25) is 0 Å². The molecule has 0 aliphatic carbocycles. The highest BCUT2D eigenvalue weighted by molar-refractivity contribution is 7.39. The SMILES string of the molecule is CCCCCCCCCCCCCCCCC=CN(C=CCCCCCCCCCCCCCCCC)CCCCCCCCCCCCOP(O)O. The van der Waals surface area contributed by atoms with Gasteiger partial charge in [-0.3, -0.25) is 0 Å². The van der Waals surface area contributed by atoms with Crippen molar-refractivity contribution in [1.82, 2.24) is 4.90 Å². The van der Waals surface area contributed by atoms with E-state index >= 15 is 0 Å². The Balaban J connectivity index is 4.08. The Kier molecular flexibility index (Phi) is 47.4. The summed E-state index contributed by atoms with van der Waals surface area (Å²) >= 11 is 0. The number of hydrogen-bond donors (Lipinski definition) is 2. The molecule has 0 aromatic carbocycles. The predicted molar refractivity (Wildman–Crippen MR) is 238 cm³/mol. The second kappa shape index (κ2) is 47.7. The van der Waals surface area contributed by atoms with Crippen LogP contribution in [0.4, 0.5) is 0 Å². The summed E-state index contributed by atoms with van der Waals surface area (Å²) in [5.74, 6) is 0. The fraction of sp³-hybridized carbons (Fsp3) is 0.917. The lowest BCUT2D eigenvalue weighted by atomic mass is 10.0. The van der Waals surface area contributed by atoms with Gasteiger partial charge in [-0.25, -0.2) is 0 Å². The molecule has 0 amide bonds. The summed E-state index contributed by atoms with van der Waals surface area (Å²) in [5.41, 5.74) is 0. The molecule has 0 heterocycles. The van der Waals surface area contributed by atoms with Gasteiger partial charge in [0.25, 0.3) is 0 Å². The normalized spacial score (nSPS) is 12.0. The van der Waals surface area contributed by atoms with Gasteiger partial charge in [0, 0.05) is 6.54 Å². The molecule has 0 aromatic heterocycles. The van der Waals surface area contributed by atoms with E-state index in [4.69, 9.17) is 14.3 Å². The molecule has 2 N–H and O–H groups in total. The Morgan fingerprint density at radius 2 is 0.623 bits per heavy atom. The molecule has 0 atom stereocenters. The maximum absolute atomic E-state index is 8.79. The zero-order chi connectivity index (χ0) is 38.4. The molecule has 0 unspecified atom stereocenters. The molecule has 0 radical (unpaired) electrons. The molecule has 0 rings (SSSR count). The largest absolute Gasteiger partial charge is 0.355 e. The number of nitrogens with zero attached hydrogens (tertiary/aromatic N) is 1. The molecular formula is C48H96NO3P. The van der Waals surface area contributed by atoms with Crippen molar-refractivity contribution in [1.29, 1.82) is 0 Å². The highest BCUT2D eigenvalue weighted by Crippen LogP contribution is 2.24. The standard InChI is InChI=1S/C48H96NO3P/c1-3-5-7-9-11-13-15-17-19-21-23-25-29-33-37-41-45-49(47-43-39-35-31-27-28-32-36-40-44-48-52-53(50)51)46-42-38-34-30-26-24-22-20-18-16-14-12-10-8-6-4-2/h41-42,45-46,50-51H,3-40,43-44,47-48H2,1-2H3. The van der Waals surface area contributed by atoms with Crippen molar-refractivity contribution in [2.75, 3.05) is 13.2 Å². The van der Waals surface area contributed by atoms with Crippen LogP contribution in [0.3, 0.4) is 0 Å². The topological polar surface area (TPSA) is 52.9 Å². The van der Waals surface area contributed by atoms with Crippen molar-refractivity contribution in [2.24, 2.45) is 0 Å². The predicted octanol–water partition coefficient (Wildman–Crippen LogP) is 17.2. The van der Waals surface area contributed by atoms with Gasteiger partial charge < -0.3 is 19.2 Å². The van der Waals surface area contributed by atoms with E-state index in [2.05, 4.69) is 43.3 Å². The van der Waals surface area contributed by atoms with Crippen molar-refractivity contribution in [2.45, 2.75) is 271 Å². The highest BCUT2D eigenvalue weighted by atomic mass is 31.2. The van der Waals surface area contributed by atoms with Crippen LogP contribution in [0.15, 0.2) is 24.6 Å². The Morgan fingerprint density at radius 3 is 0.925 bits per heavy atom. The number of unbranched alkanes of at least 4 members (excludes halogenated alkanes) is 37. The lowest BCUT2D eigenvalue weighted by Gasteiger charge is -2.15. The van der Waals surface area contributed by atoms with Crippen LogP contribution in [0.25, 0.3) is 0 Å². The first-order chi connectivity index (χ1) is 26.2. The molecule has 316 valence electrons. The molecule has 0 saturated heterocycles.